The molecule has 0 saturated carbocycles. The zero-order chi connectivity index (χ0) is 22.4. The van der Waals surface area contributed by atoms with Gasteiger partial charge in [0.15, 0.2) is 0 Å². The van der Waals surface area contributed by atoms with Gasteiger partial charge in [-0.2, -0.15) is 0 Å². The van der Waals surface area contributed by atoms with Gasteiger partial charge in [0.05, 0.1) is 34.5 Å². The van der Waals surface area contributed by atoms with Crippen molar-refractivity contribution in [2.75, 3.05) is 0 Å². The van der Waals surface area contributed by atoms with E-state index in [9.17, 15) is 4.79 Å². The van der Waals surface area contributed by atoms with Crippen LogP contribution in [0.1, 0.15) is 0 Å². The van der Waals surface area contributed by atoms with E-state index < -0.39 is 0 Å². The summed E-state index contributed by atoms with van der Waals surface area (Å²) < 4.78 is 4.08. The second kappa shape index (κ2) is 6.17. The summed E-state index contributed by atoms with van der Waals surface area (Å²) in [7, 11) is 0. The van der Waals surface area contributed by atoms with Crippen molar-refractivity contribution < 1.29 is 0 Å². The molecule has 0 bridgehead atoms. The van der Waals surface area contributed by atoms with E-state index in [4.69, 9.17) is 0 Å². The van der Waals surface area contributed by atoms with Gasteiger partial charge in [-0.1, -0.05) is 36.4 Å². The molecule has 0 fully saturated rings. The number of benzene rings is 3. The van der Waals surface area contributed by atoms with Crippen LogP contribution in [0.25, 0.3) is 65.5 Å². The predicted molar refractivity (Wildman–Crippen MR) is 137 cm³/mol. The van der Waals surface area contributed by atoms with Crippen LogP contribution in [0.5, 0.6) is 0 Å². The number of fused-ring (bicyclic) bond motifs is 10. The van der Waals surface area contributed by atoms with Crippen molar-refractivity contribution in [3.05, 3.63) is 108 Å². The molecule has 8 aromatic rings. The Morgan fingerprint density at radius 1 is 0.588 bits per heavy atom. The molecule has 5 heterocycles. The van der Waals surface area contributed by atoms with Gasteiger partial charge in [-0.15, -0.1) is 0 Å². The molecule has 0 spiro atoms. The number of hydrogen-bond donors (Lipinski definition) is 0. The van der Waals surface area contributed by atoms with Crippen molar-refractivity contribution in [2.24, 2.45) is 0 Å². The molecular formula is C29H16N4O. The monoisotopic (exact) mass is 436 g/mol. The maximum atomic E-state index is 14.2. The summed E-state index contributed by atoms with van der Waals surface area (Å²) in [5, 5.41) is 7.08. The number of rotatable bonds is 1. The zero-order valence-corrected chi connectivity index (χ0v) is 17.9. The number of hydrogen-bond acceptors (Lipinski definition) is 3. The lowest BCUT2D eigenvalue weighted by atomic mass is 9.98. The van der Waals surface area contributed by atoms with Crippen molar-refractivity contribution in [3.8, 4) is 5.69 Å². The molecule has 0 aliphatic carbocycles. The summed E-state index contributed by atoms with van der Waals surface area (Å²) >= 11 is 0. The Balaban J connectivity index is 1.77. The molecule has 5 nitrogen and oxygen atoms in total. The summed E-state index contributed by atoms with van der Waals surface area (Å²) in [5.74, 6) is 0. The van der Waals surface area contributed by atoms with Gasteiger partial charge in [0, 0.05) is 55.8 Å². The second-order valence-electron chi connectivity index (χ2n) is 8.68. The molecule has 0 aliphatic rings. The molecule has 0 radical (unpaired) electrons. The van der Waals surface area contributed by atoms with Crippen LogP contribution in [0.15, 0.2) is 102 Å². The molecule has 0 N–H and O–H groups in total. The highest BCUT2D eigenvalue weighted by atomic mass is 16.1. The van der Waals surface area contributed by atoms with E-state index in [0.717, 1.165) is 60.1 Å². The van der Waals surface area contributed by atoms with Gasteiger partial charge in [-0.3, -0.25) is 19.3 Å². The summed E-state index contributed by atoms with van der Waals surface area (Å²) in [4.78, 5) is 23.0. The minimum atomic E-state index is -0.0180. The standard InChI is InChI=1S/C29H16N4O/c34-29-22-14-21-18-10-12-30-15-24(18)33-25-16-31-13-11-20(25)27(28(21)33)26(22)19-8-4-5-9-23(19)32(29)17-6-2-1-3-7-17/h1-16H. The highest BCUT2D eigenvalue weighted by Crippen LogP contribution is 2.43. The van der Waals surface area contributed by atoms with Gasteiger partial charge in [0.2, 0.25) is 0 Å². The number of aromatic nitrogens is 4. The third kappa shape index (κ3) is 2.02. The van der Waals surface area contributed by atoms with Crippen molar-refractivity contribution in [2.45, 2.75) is 0 Å². The van der Waals surface area contributed by atoms with Crippen molar-refractivity contribution in [3.63, 3.8) is 0 Å². The van der Waals surface area contributed by atoms with E-state index in [1.54, 1.807) is 0 Å². The Bertz CT molecular complexity index is 2140. The van der Waals surface area contributed by atoms with Crippen molar-refractivity contribution >= 4 is 59.8 Å². The Kier molecular flexibility index (Phi) is 3.22. The topological polar surface area (TPSA) is 52.2 Å². The Morgan fingerprint density at radius 2 is 1.26 bits per heavy atom. The molecule has 0 aliphatic heterocycles. The van der Waals surface area contributed by atoms with Gasteiger partial charge in [0.1, 0.15) is 0 Å². The van der Waals surface area contributed by atoms with Gasteiger partial charge in [0.25, 0.3) is 5.56 Å². The molecule has 34 heavy (non-hydrogen) atoms. The molecular weight excluding hydrogens is 420 g/mol. The molecule has 5 heteroatoms. The molecule has 0 unspecified atom stereocenters. The first-order valence-electron chi connectivity index (χ1n) is 11.2. The lowest BCUT2D eigenvalue weighted by Gasteiger charge is -2.14. The van der Waals surface area contributed by atoms with E-state index in [1.165, 1.54) is 0 Å². The fraction of sp³-hybridized carbons (Fsp3) is 0. The van der Waals surface area contributed by atoms with Gasteiger partial charge in [-0.25, -0.2) is 0 Å². The van der Waals surface area contributed by atoms with Gasteiger partial charge < -0.3 is 4.40 Å². The fourth-order valence-corrected chi connectivity index (χ4v) is 5.70. The number of pyridine rings is 3. The highest BCUT2D eigenvalue weighted by molar-refractivity contribution is 6.34. The Morgan fingerprint density at radius 3 is 2.09 bits per heavy atom. The molecule has 8 rings (SSSR count). The lowest BCUT2D eigenvalue weighted by molar-refractivity contribution is 1.06. The summed E-state index contributed by atoms with van der Waals surface area (Å²) in [6.45, 7) is 0. The van der Waals surface area contributed by atoms with E-state index in [-0.39, 0.29) is 5.56 Å². The minimum Gasteiger partial charge on any atom is -0.305 e. The molecule has 0 atom stereocenters. The van der Waals surface area contributed by atoms with Gasteiger partial charge in [-0.05, 0) is 36.4 Å². The molecule has 0 amide bonds. The highest BCUT2D eigenvalue weighted by Gasteiger charge is 2.23. The minimum absolute atomic E-state index is 0.0180. The first kappa shape index (κ1) is 17.7. The summed E-state index contributed by atoms with van der Waals surface area (Å²) in [6.07, 6.45) is 7.43. The van der Waals surface area contributed by atoms with Crippen LogP contribution in [0.2, 0.25) is 0 Å². The van der Waals surface area contributed by atoms with Crippen LogP contribution in [-0.4, -0.2) is 18.9 Å². The SMILES string of the molecule is O=c1c2cc3c4ccncc4n4c5cnccc5c(c2c2ccccc2n1-c1ccccc1)c34. The van der Waals surface area contributed by atoms with Crippen LogP contribution in [0, 0.1) is 0 Å². The maximum Gasteiger partial charge on any atom is 0.263 e. The van der Waals surface area contributed by atoms with Crippen LogP contribution >= 0.6 is 0 Å². The maximum absolute atomic E-state index is 14.2. The molecule has 5 aromatic heterocycles. The third-order valence-electron chi connectivity index (χ3n) is 7.03. The zero-order valence-electron chi connectivity index (χ0n) is 17.9. The van der Waals surface area contributed by atoms with Crippen LogP contribution in [-0.2, 0) is 0 Å². The first-order chi connectivity index (χ1) is 16.8. The molecule has 158 valence electrons. The normalized spacial score (nSPS) is 12.2. The Hall–Kier alpha value is -4.77. The van der Waals surface area contributed by atoms with E-state index in [1.807, 2.05) is 84.0 Å². The smallest absolute Gasteiger partial charge is 0.263 e. The van der Waals surface area contributed by atoms with Crippen molar-refractivity contribution in [1.29, 1.82) is 0 Å². The third-order valence-corrected chi connectivity index (χ3v) is 7.03. The van der Waals surface area contributed by atoms with Crippen molar-refractivity contribution in [1.82, 2.24) is 18.9 Å². The number of nitrogens with zero attached hydrogens (tertiary/aromatic N) is 4. The van der Waals surface area contributed by atoms with E-state index in [2.05, 4.69) is 32.6 Å². The largest absolute Gasteiger partial charge is 0.305 e. The first-order valence-corrected chi connectivity index (χ1v) is 11.2. The summed E-state index contributed by atoms with van der Waals surface area (Å²) in [6, 6.07) is 24.2. The Labute approximate surface area is 192 Å². The number of para-hydroxylation sites is 2. The van der Waals surface area contributed by atoms with Crippen LogP contribution in [0.3, 0.4) is 0 Å². The quantitative estimate of drug-likeness (QED) is 0.293. The van der Waals surface area contributed by atoms with Crippen LogP contribution in [0.4, 0.5) is 0 Å². The fourth-order valence-electron chi connectivity index (χ4n) is 5.70. The van der Waals surface area contributed by atoms with Crippen LogP contribution < -0.4 is 5.56 Å². The summed E-state index contributed by atoms with van der Waals surface area (Å²) in [5.41, 5.74) is 4.89. The average Bonchev–Trinajstić information content (AvgIpc) is 3.41. The molecule has 3 aromatic carbocycles. The predicted octanol–water partition coefficient (Wildman–Crippen LogP) is 6.08. The second-order valence-corrected chi connectivity index (χ2v) is 8.68. The lowest BCUT2D eigenvalue weighted by Crippen LogP contribution is -2.19. The van der Waals surface area contributed by atoms with Gasteiger partial charge >= 0.3 is 0 Å². The average molecular weight is 436 g/mol. The van der Waals surface area contributed by atoms with E-state index >= 15 is 0 Å². The molecule has 0 saturated heterocycles. The van der Waals surface area contributed by atoms with E-state index in [0.29, 0.717) is 5.39 Å².